The summed E-state index contributed by atoms with van der Waals surface area (Å²) in [5.41, 5.74) is 0.328. The first kappa shape index (κ1) is 28.4. The van der Waals surface area contributed by atoms with Crippen LogP contribution in [0.15, 0.2) is 77.7 Å². The number of sulfonamides is 1. The van der Waals surface area contributed by atoms with Crippen molar-refractivity contribution in [2.24, 2.45) is 0 Å². The predicted octanol–water partition coefficient (Wildman–Crippen LogP) is 4.88. The SMILES string of the molecule is CCNC(=O)[C@@H](C)N(Cc1ccccc1F)C(=O)CN(c1cccc(Cl)c1)S(=O)(=O)c1ccc(Cl)cc1. The molecule has 11 heteroatoms. The van der Waals surface area contributed by atoms with Crippen LogP contribution in [0.1, 0.15) is 19.4 Å². The Labute approximate surface area is 225 Å². The highest BCUT2D eigenvalue weighted by Gasteiger charge is 2.32. The number of nitrogens with zero attached hydrogens (tertiary/aromatic N) is 2. The number of hydrogen-bond donors (Lipinski definition) is 1. The molecule has 0 spiro atoms. The fraction of sp³-hybridized carbons (Fsp3) is 0.231. The molecule has 0 bridgehead atoms. The molecule has 0 fully saturated rings. The van der Waals surface area contributed by atoms with Crippen LogP contribution in [0.25, 0.3) is 0 Å². The van der Waals surface area contributed by atoms with E-state index in [1.807, 2.05) is 0 Å². The second kappa shape index (κ2) is 12.4. The van der Waals surface area contributed by atoms with Crippen molar-refractivity contribution in [3.63, 3.8) is 0 Å². The van der Waals surface area contributed by atoms with Crippen LogP contribution in [0.3, 0.4) is 0 Å². The molecule has 0 radical (unpaired) electrons. The van der Waals surface area contributed by atoms with E-state index in [2.05, 4.69) is 5.32 Å². The Balaban J connectivity index is 2.04. The Morgan fingerprint density at radius 2 is 1.65 bits per heavy atom. The van der Waals surface area contributed by atoms with Gasteiger partial charge in [0.05, 0.1) is 10.6 Å². The zero-order valence-electron chi connectivity index (χ0n) is 20.2. The third-order valence-electron chi connectivity index (χ3n) is 5.59. The lowest BCUT2D eigenvalue weighted by molar-refractivity contribution is -0.139. The molecular formula is C26H26Cl2FN3O4S. The Morgan fingerprint density at radius 1 is 0.973 bits per heavy atom. The fourth-order valence-corrected chi connectivity index (χ4v) is 5.33. The van der Waals surface area contributed by atoms with Gasteiger partial charge in [0.25, 0.3) is 10.0 Å². The van der Waals surface area contributed by atoms with Crippen molar-refractivity contribution in [2.45, 2.75) is 31.3 Å². The van der Waals surface area contributed by atoms with E-state index in [0.29, 0.717) is 11.6 Å². The Kier molecular flexibility index (Phi) is 9.53. The predicted molar refractivity (Wildman–Crippen MR) is 143 cm³/mol. The minimum atomic E-state index is -4.26. The molecule has 0 aromatic heterocycles. The Hall–Kier alpha value is -3.14. The number of likely N-dealkylation sites (N-methyl/N-ethyl adjacent to an activating group) is 1. The van der Waals surface area contributed by atoms with E-state index in [0.717, 1.165) is 9.21 Å². The van der Waals surface area contributed by atoms with E-state index >= 15 is 0 Å². The summed E-state index contributed by atoms with van der Waals surface area (Å²) in [6.07, 6.45) is 0. The molecule has 2 amide bonds. The Bertz CT molecular complexity index is 1370. The summed E-state index contributed by atoms with van der Waals surface area (Å²) in [4.78, 5) is 27.4. The summed E-state index contributed by atoms with van der Waals surface area (Å²) in [5, 5.41) is 3.25. The first-order valence-electron chi connectivity index (χ1n) is 11.4. The van der Waals surface area contributed by atoms with Gasteiger partial charge in [0, 0.05) is 28.7 Å². The van der Waals surface area contributed by atoms with Gasteiger partial charge in [-0.15, -0.1) is 0 Å². The number of nitrogens with one attached hydrogen (secondary N) is 1. The maximum absolute atomic E-state index is 14.5. The molecule has 0 saturated carbocycles. The van der Waals surface area contributed by atoms with Crippen molar-refractivity contribution in [2.75, 3.05) is 17.4 Å². The lowest BCUT2D eigenvalue weighted by atomic mass is 10.1. The number of amides is 2. The van der Waals surface area contributed by atoms with Crippen LogP contribution in [0.4, 0.5) is 10.1 Å². The van der Waals surface area contributed by atoms with Gasteiger partial charge in [-0.1, -0.05) is 47.5 Å². The van der Waals surface area contributed by atoms with Crippen molar-refractivity contribution in [1.29, 1.82) is 0 Å². The summed E-state index contributed by atoms with van der Waals surface area (Å²) in [5.74, 6) is -1.72. The van der Waals surface area contributed by atoms with E-state index in [-0.39, 0.29) is 27.7 Å². The van der Waals surface area contributed by atoms with Crippen LogP contribution in [-0.2, 0) is 26.2 Å². The van der Waals surface area contributed by atoms with Gasteiger partial charge < -0.3 is 10.2 Å². The number of carbonyl (C=O) groups excluding carboxylic acids is 2. The zero-order valence-corrected chi connectivity index (χ0v) is 22.5. The van der Waals surface area contributed by atoms with Crippen molar-refractivity contribution >= 4 is 50.7 Å². The molecule has 0 aliphatic carbocycles. The number of halogens is 3. The molecule has 37 heavy (non-hydrogen) atoms. The standard InChI is InChI=1S/C26H26Cl2FN3O4S/c1-3-30-26(34)18(2)31(16-19-7-4-5-10-24(19)29)25(33)17-32(22-9-6-8-21(28)15-22)37(35,36)23-13-11-20(27)12-14-23/h4-15,18H,3,16-17H2,1-2H3,(H,30,34)/t18-/m1/s1. The highest BCUT2D eigenvalue weighted by Crippen LogP contribution is 2.27. The molecule has 0 saturated heterocycles. The lowest BCUT2D eigenvalue weighted by Crippen LogP contribution is -2.51. The molecule has 3 aromatic rings. The first-order chi connectivity index (χ1) is 17.5. The second-order valence-electron chi connectivity index (χ2n) is 8.13. The normalized spacial score (nSPS) is 12.0. The van der Waals surface area contributed by atoms with Gasteiger partial charge in [-0.05, 0) is 62.4 Å². The van der Waals surface area contributed by atoms with E-state index in [9.17, 15) is 22.4 Å². The van der Waals surface area contributed by atoms with E-state index in [1.165, 1.54) is 61.5 Å². The topological polar surface area (TPSA) is 86.8 Å². The smallest absolute Gasteiger partial charge is 0.264 e. The van der Waals surface area contributed by atoms with Gasteiger partial charge in [0.15, 0.2) is 0 Å². The van der Waals surface area contributed by atoms with Crippen molar-refractivity contribution in [1.82, 2.24) is 10.2 Å². The number of benzene rings is 3. The van der Waals surface area contributed by atoms with Gasteiger partial charge in [-0.25, -0.2) is 12.8 Å². The molecular weight excluding hydrogens is 540 g/mol. The highest BCUT2D eigenvalue weighted by atomic mass is 35.5. The fourth-order valence-electron chi connectivity index (χ4n) is 3.61. The number of hydrogen-bond acceptors (Lipinski definition) is 4. The summed E-state index contributed by atoms with van der Waals surface area (Å²) in [6.45, 7) is 2.65. The van der Waals surface area contributed by atoms with Crippen LogP contribution in [0, 0.1) is 5.82 Å². The molecule has 3 rings (SSSR count). The average Bonchev–Trinajstić information content (AvgIpc) is 2.86. The molecule has 1 atom stereocenters. The minimum absolute atomic E-state index is 0.0953. The first-order valence-corrected chi connectivity index (χ1v) is 13.6. The van der Waals surface area contributed by atoms with Crippen LogP contribution >= 0.6 is 23.2 Å². The zero-order chi connectivity index (χ0) is 27.2. The van der Waals surface area contributed by atoms with Gasteiger partial charge in [-0.3, -0.25) is 13.9 Å². The quantitative estimate of drug-likeness (QED) is 0.379. The number of rotatable bonds is 10. The van der Waals surface area contributed by atoms with E-state index in [4.69, 9.17) is 23.2 Å². The lowest BCUT2D eigenvalue weighted by Gasteiger charge is -2.32. The minimum Gasteiger partial charge on any atom is -0.355 e. The van der Waals surface area contributed by atoms with Crippen molar-refractivity contribution in [3.8, 4) is 0 Å². The third kappa shape index (κ3) is 7.00. The maximum atomic E-state index is 14.5. The molecule has 0 aliphatic heterocycles. The van der Waals surface area contributed by atoms with Gasteiger partial charge in [-0.2, -0.15) is 0 Å². The van der Waals surface area contributed by atoms with E-state index < -0.39 is 40.2 Å². The molecule has 0 aliphatic rings. The third-order valence-corrected chi connectivity index (χ3v) is 7.87. The van der Waals surface area contributed by atoms with Crippen LogP contribution in [0.2, 0.25) is 10.0 Å². The van der Waals surface area contributed by atoms with Crippen molar-refractivity contribution < 1.29 is 22.4 Å². The van der Waals surface area contributed by atoms with Gasteiger partial charge >= 0.3 is 0 Å². The summed E-state index contributed by atoms with van der Waals surface area (Å²) >= 11 is 12.1. The monoisotopic (exact) mass is 565 g/mol. The molecule has 196 valence electrons. The van der Waals surface area contributed by atoms with E-state index in [1.54, 1.807) is 25.1 Å². The molecule has 3 aromatic carbocycles. The van der Waals surface area contributed by atoms with Gasteiger partial charge in [0.1, 0.15) is 18.4 Å². The van der Waals surface area contributed by atoms with Crippen LogP contribution < -0.4 is 9.62 Å². The molecule has 0 heterocycles. The molecule has 1 N–H and O–H groups in total. The molecule has 7 nitrogen and oxygen atoms in total. The second-order valence-corrected chi connectivity index (χ2v) is 10.9. The highest BCUT2D eigenvalue weighted by molar-refractivity contribution is 7.92. The number of carbonyl (C=O) groups is 2. The summed E-state index contributed by atoms with van der Waals surface area (Å²) in [7, 11) is -4.26. The maximum Gasteiger partial charge on any atom is 0.264 e. The Morgan fingerprint density at radius 3 is 2.27 bits per heavy atom. The van der Waals surface area contributed by atoms with Crippen LogP contribution in [0.5, 0.6) is 0 Å². The summed E-state index contributed by atoms with van der Waals surface area (Å²) in [6, 6.07) is 16.4. The number of anilines is 1. The molecule has 0 unspecified atom stereocenters. The average molecular weight is 566 g/mol. The largest absolute Gasteiger partial charge is 0.355 e. The van der Waals surface area contributed by atoms with Crippen molar-refractivity contribution in [3.05, 3.63) is 94.2 Å². The van der Waals surface area contributed by atoms with Gasteiger partial charge in [0.2, 0.25) is 11.8 Å². The van der Waals surface area contributed by atoms with Crippen LogP contribution in [-0.4, -0.2) is 44.3 Å². The summed E-state index contributed by atoms with van der Waals surface area (Å²) < 4.78 is 42.7.